The molecule has 1 aliphatic rings. The van der Waals surface area contributed by atoms with Crippen LogP contribution < -0.4 is 10.6 Å². The molecule has 2 unspecified atom stereocenters. The fourth-order valence-electron chi connectivity index (χ4n) is 2.23. The number of hydrogen-bond donors (Lipinski definition) is 1. The number of nitrogens with zero attached hydrogens (tertiary/aromatic N) is 1. The number of rotatable bonds is 2. The molecule has 1 aliphatic heterocycles. The molecule has 1 fully saturated rings. The van der Waals surface area contributed by atoms with Gasteiger partial charge in [0, 0.05) is 35.7 Å². The highest BCUT2D eigenvalue weighted by Crippen LogP contribution is 2.32. The lowest BCUT2D eigenvalue weighted by Gasteiger charge is -2.39. The smallest absolute Gasteiger partial charge is 0.182 e. The van der Waals surface area contributed by atoms with Crippen molar-refractivity contribution in [2.75, 3.05) is 17.2 Å². The van der Waals surface area contributed by atoms with Crippen molar-refractivity contribution in [2.24, 2.45) is 5.73 Å². The van der Waals surface area contributed by atoms with Gasteiger partial charge < -0.3 is 10.6 Å². The van der Waals surface area contributed by atoms with E-state index in [0.29, 0.717) is 10.9 Å². The Labute approximate surface area is 111 Å². The van der Waals surface area contributed by atoms with Crippen LogP contribution in [0.2, 0.25) is 0 Å². The van der Waals surface area contributed by atoms with Crippen molar-refractivity contribution < 1.29 is 8.78 Å². The molecule has 0 saturated carbocycles. The molecule has 0 aliphatic carbocycles. The Balaban J connectivity index is 2.36. The lowest BCUT2D eigenvalue weighted by Crippen LogP contribution is -2.45. The molecule has 5 heteroatoms. The van der Waals surface area contributed by atoms with Gasteiger partial charge in [0.15, 0.2) is 11.6 Å². The molecule has 0 radical (unpaired) electrons. The van der Waals surface area contributed by atoms with E-state index in [9.17, 15) is 8.78 Å². The first-order valence-electron chi connectivity index (χ1n) is 6.11. The quantitative estimate of drug-likeness (QED) is 0.897. The van der Waals surface area contributed by atoms with Crippen LogP contribution >= 0.6 is 11.8 Å². The highest BCUT2D eigenvalue weighted by atomic mass is 32.2. The van der Waals surface area contributed by atoms with Gasteiger partial charge in [-0.2, -0.15) is 11.8 Å². The molecule has 0 aromatic heterocycles. The Bertz CT molecular complexity index is 439. The van der Waals surface area contributed by atoms with Crippen molar-refractivity contribution >= 4 is 17.4 Å². The summed E-state index contributed by atoms with van der Waals surface area (Å²) in [4.78, 5) is 1.94. The maximum atomic E-state index is 14.1. The second-order valence-electron chi connectivity index (χ2n) is 4.59. The Morgan fingerprint density at radius 1 is 1.33 bits per heavy atom. The summed E-state index contributed by atoms with van der Waals surface area (Å²) >= 11 is 1.86. The van der Waals surface area contributed by atoms with Crippen LogP contribution in [0.15, 0.2) is 12.1 Å². The number of halogens is 2. The second-order valence-corrected chi connectivity index (χ2v) is 6.07. The number of benzene rings is 1. The minimum absolute atomic E-state index is 0.0187. The van der Waals surface area contributed by atoms with E-state index >= 15 is 0 Å². The number of thioether (sulfide) groups is 1. The van der Waals surface area contributed by atoms with E-state index in [1.54, 1.807) is 12.1 Å². The van der Waals surface area contributed by atoms with Crippen LogP contribution in [-0.2, 0) is 6.54 Å². The van der Waals surface area contributed by atoms with E-state index in [-0.39, 0.29) is 18.2 Å². The molecule has 0 amide bonds. The minimum atomic E-state index is -0.812. The predicted molar refractivity (Wildman–Crippen MR) is 73.0 cm³/mol. The van der Waals surface area contributed by atoms with E-state index in [1.807, 2.05) is 23.6 Å². The van der Waals surface area contributed by atoms with Crippen LogP contribution in [0.3, 0.4) is 0 Å². The summed E-state index contributed by atoms with van der Waals surface area (Å²) in [5.41, 5.74) is 5.95. The zero-order valence-electron chi connectivity index (χ0n) is 10.6. The fourth-order valence-corrected chi connectivity index (χ4v) is 3.33. The molecule has 2 atom stereocenters. The lowest BCUT2D eigenvalue weighted by atomic mass is 10.1. The van der Waals surface area contributed by atoms with Crippen LogP contribution in [-0.4, -0.2) is 23.6 Å². The van der Waals surface area contributed by atoms with Crippen molar-refractivity contribution in [1.29, 1.82) is 0 Å². The van der Waals surface area contributed by atoms with Crippen LogP contribution in [0.5, 0.6) is 0 Å². The second kappa shape index (κ2) is 5.45. The normalized spacial score (nSPS) is 24.4. The molecule has 2 nitrogen and oxygen atoms in total. The van der Waals surface area contributed by atoms with E-state index in [0.717, 1.165) is 12.3 Å². The van der Waals surface area contributed by atoms with Crippen molar-refractivity contribution in [1.82, 2.24) is 0 Å². The zero-order valence-corrected chi connectivity index (χ0v) is 11.4. The lowest BCUT2D eigenvalue weighted by molar-refractivity contribution is 0.491. The summed E-state index contributed by atoms with van der Waals surface area (Å²) in [6.45, 7) is 4.92. The molecule has 2 N–H and O–H groups in total. The average molecular weight is 272 g/mol. The van der Waals surface area contributed by atoms with E-state index in [4.69, 9.17) is 5.73 Å². The number of anilines is 1. The van der Waals surface area contributed by atoms with Crippen molar-refractivity contribution in [3.63, 3.8) is 0 Å². The molecule has 0 spiro atoms. The average Bonchev–Trinajstić information content (AvgIpc) is 2.37. The Morgan fingerprint density at radius 2 is 2.06 bits per heavy atom. The molecule has 0 bridgehead atoms. The van der Waals surface area contributed by atoms with Gasteiger partial charge in [-0.05, 0) is 13.0 Å². The maximum Gasteiger partial charge on any atom is 0.182 e. The van der Waals surface area contributed by atoms with Crippen LogP contribution in [0.4, 0.5) is 14.5 Å². The fraction of sp³-hybridized carbons (Fsp3) is 0.538. The van der Waals surface area contributed by atoms with Crippen molar-refractivity contribution in [3.05, 3.63) is 29.3 Å². The van der Waals surface area contributed by atoms with E-state index in [2.05, 4.69) is 6.92 Å². The molecule has 18 heavy (non-hydrogen) atoms. The third-order valence-corrected chi connectivity index (χ3v) is 4.89. The molecule has 1 heterocycles. The molecule has 1 saturated heterocycles. The van der Waals surface area contributed by atoms with Gasteiger partial charge in [0.05, 0.1) is 5.69 Å². The first-order chi connectivity index (χ1) is 8.56. The first kappa shape index (κ1) is 13.6. The van der Waals surface area contributed by atoms with Gasteiger partial charge in [-0.1, -0.05) is 13.0 Å². The van der Waals surface area contributed by atoms with Gasteiger partial charge in [0.1, 0.15) is 0 Å². The topological polar surface area (TPSA) is 29.3 Å². The van der Waals surface area contributed by atoms with Crippen molar-refractivity contribution in [3.8, 4) is 0 Å². The largest absolute Gasteiger partial charge is 0.364 e. The predicted octanol–water partition coefficient (Wildman–Crippen LogP) is 2.75. The molecule has 1 aromatic rings. The third kappa shape index (κ3) is 2.34. The van der Waals surface area contributed by atoms with Gasteiger partial charge in [-0.15, -0.1) is 0 Å². The molecule has 2 rings (SSSR count). The molecule has 1 aromatic carbocycles. The highest BCUT2D eigenvalue weighted by Gasteiger charge is 2.28. The summed E-state index contributed by atoms with van der Waals surface area (Å²) in [7, 11) is 0. The minimum Gasteiger partial charge on any atom is -0.364 e. The summed E-state index contributed by atoms with van der Waals surface area (Å²) in [5.74, 6) is -0.650. The summed E-state index contributed by atoms with van der Waals surface area (Å²) < 4.78 is 27.8. The van der Waals surface area contributed by atoms with Gasteiger partial charge in [-0.25, -0.2) is 8.78 Å². The highest BCUT2D eigenvalue weighted by molar-refractivity contribution is 8.00. The standard InChI is InChI=1S/C13H18F2N2S/c1-8-9(2)18-6-5-17(8)11-4-3-10(7-16)12(14)13(11)15/h3-4,8-9H,5-7,16H2,1-2H3. The summed E-state index contributed by atoms with van der Waals surface area (Å²) in [6, 6.07) is 3.41. The van der Waals surface area contributed by atoms with Crippen LogP contribution in [0.1, 0.15) is 19.4 Å². The number of nitrogens with two attached hydrogens (primary N) is 1. The van der Waals surface area contributed by atoms with Crippen molar-refractivity contribution in [2.45, 2.75) is 31.7 Å². The Hall–Kier alpha value is -0.810. The number of hydrogen-bond acceptors (Lipinski definition) is 3. The molecular weight excluding hydrogens is 254 g/mol. The molecule has 100 valence electrons. The molecular formula is C13H18F2N2S. The Morgan fingerprint density at radius 3 is 2.72 bits per heavy atom. The van der Waals surface area contributed by atoms with Gasteiger partial charge >= 0.3 is 0 Å². The van der Waals surface area contributed by atoms with E-state index in [1.165, 1.54) is 0 Å². The maximum absolute atomic E-state index is 14.1. The first-order valence-corrected chi connectivity index (χ1v) is 7.16. The monoisotopic (exact) mass is 272 g/mol. The van der Waals surface area contributed by atoms with E-state index < -0.39 is 11.6 Å². The van der Waals surface area contributed by atoms with Crippen LogP contribution in [0, 0.1) is 11.6 Å². The van der Waals surface area contributed by atoms with Crippen LogP contribution in [0.25, 0.3) is 0 Å². The van der Waals surface area contributed by atoms with Gasteiger partial charge in [-0.3, -0.25) is 0 Å². The zero-order chi connectivity index (χ0) is 13.3. The van der Waals surface area contributed by atoms with Gasteiger partial charge in [0.2, 0.25) is 0 Å². The SMILES string of the molecule is CC1SCCN(c2ccc(CN)c(F)c2F)C1C. The Kier molecular flexibility index (Phi) is 4.12. The third-order valence-electron chi connectivity index (χ3n) is 3.56. The summed E-state index contributed by atoms with van der Waals surface area (Å²) in [6.07, 6.45) is 0. The van der Waals surface area contributed by atoms with Gasteiger partial charge in [0.25, 0.3) is 0 Å². The summed E-state index contributed by atoms with van der Waals surface area (Å²) in [5, 5.41) is 0.412.